The zero-order chi connectivity index (χ0) is 20.8. The zero-order valence-corrected chi connectivity index (χ0v) is 18.3. The van der Waals surface area contributed by atoms with E-state index in [0.717, 1.165) is 10.7 Å². The molecule has 2 aromatic carbocycles. The van der Waals surface area contributed by atoms with Crippen molar-refractivity contribution in [3.8, 4) is 5.75 Å². The highest BCUT2D eigenvalue weighted by molar-refractivity contribution is 7.98. The van der Waals surface area contributed by atoms with Crippen LogP contribution in [0.15, 0.2) is 47.6 Å². The van der Waals surface area contributed by atoms with E-state index in [2.05, 4.69) is 15.5 Å². The van der Waals surface area contributed by atoms with Gasteiger partial charge in [0.2, 0.25) is 0 Å². The minimum Gasteiger partial charge on any atom is -0.497 e. The van der Waals surface area contributed by atoms with Crippen molar-refractivity contribution in [2.45, 2.75) is 30.9 Å². The van der Waals surface area contributed by atoms with Crippen LogP contribution in [-0.4, -0.2) is 27.8 Å². The second kappa shape index (κ2) is 10.0. The van der Waals surface area contributed by atoms with Crippen LogP contribution in [0.25, 0.3) is 0 Å². The van der Waals surface area contributed by atoms with Crippen LogP contribution < -0.4 is 10.1 Å². The first-order chi connectivity index (χ1) is 14.0. The number of halogens is 2. The lowest BCUT2D eigenvalue weighted by molar-refractivity contribution is 0.0949. The Labute approximate surface area is 183 Å². The molecule has 3 aromatic rings. The molecule has 0 bridgehead atoms. The monoisotopic (exact) mass is 450 g/mol. The summed E-state index contributed by atoms with van der Waals surface area (Å²) >= 11 is 13.7. The summed E-state index contributed by atoms with van der Waals surface area (Å²) in [4.78, 5) is 12.4. The van der Waals surface area contributed by atoms with E-state index in [1.165, 1.54) is 11.8 Å². The molecule has 29 heavy (non-hydrogen) atoms. The fourth-order valence-corrected chi connectivity index (χ4v) is 4.24. The summed E-state index contributed by atoms with van der Waals surface area (Å²) < 4.78 is 7.08. The first-order valence-corrected chi connectivity index (χ1v) is 10.7. The van der Waals surface area contributed by atoms with Gasteiger partial charge in [-0.3, -0.25) is 4.79 Å². The lowest BCUT2D eigenvalue weighted by Crippen LogP contribution is -2.24. The molecule has 1 heterocycles. The third-order valence-electron chi connectivity index (χ3n) is 4.24. The molecule has 6 nitrogen and oxygen atoms in total. The van der Waals surface area contributed by atoms with Crippen LogP contribution in [0.1, 0.15) is 28.7 Å². The Morgan fingerprint density at radius 3 is 2.59 bits per heavy atom. The maximum atomic E-state index is 12.4. The van der Waals surface area contributed by atoms with Gasteiger partial charge >= 0.3 is 0 Å². The molecular formula is C20H20Cl2N4O2S. The van der Waals surface area contributed by atoms with Crippen LogP contribution in [0, 0.1) is 0 Å². The third-order valence-corrected chi connectivity index (χ3v) is 5.84. The van der Waals surface area contributed by atoms with Crippen molar-refractivity contribution in [3.05, 3.63) is 69.5 Å². The van der Waals surface area contributed by atoms with Crippen LogP contribution in [0.5, 0.6) is 5.75 Å². The van der Waals surface area contributed by atoms with Gasteiger partial charge in [0.15, 0.2) is 11.0 Å². The number of amides is 1. The lowest BCUT2D eigenvalue weighted by Gasteiger charge is -2.09. The smallest absolute Gasteiger partial charge is 0.251 e. The summed E-state index contributed by atoms with van der Waals surface area (Å²) in [6, 6.07) is 12.4. The van der Waals surface area contributed by atoms with E-state index in [1.807, 2.05) is 23.6 Å². The van der Waals surface area contributed by atoms with Crippen LogP contribution >= 0.6 is 35.0 Å². The molecule has 0 unspecified atom stereocenters. The SMILES string of the molecule is CCn1c(CNC(=O)c2ccc(OC)cc2)nnc1SCc1ccc(Cl)cc1Cl. The van der Waals surface area contributed by atoms with Crippen LogP contribution in [0.3, 0.4) is 0 Å². The largest absolute Gasteiger partial charge is 0.497 e. The number of nitrogens with zero attached hydrogens (tertiary/aromatic N) is 3. The first-order valence-electron chi connectivity index (χ1n) is 8.93. The van der Waals surface area contributed by atoms with E-state index in [4.69, 9.17) is 27.9 Å². The maximum absolute atomic E-state index is 12.4. The van der Waals surface area contributed by atoms with E-state index in [9.17, 15) is 4.79 Å². The molecule has 1 N–H and O–H groups in total. The number of ether oxygens (including phenoxy) is 1. The molecule has 0 radical (unpaired) electrons. The highest BCUT2D eigenvalue weighted by Crippen LogP contribution is 2.28. The summed E-state index contributed by atoms with van der Waals surface area (Å²) in [5.41, 5.74) is 1.53. The Morgan fingerprint density at radius 1 is 1.17 bits per heavy atom. The average molecular weight is 451 g/mol. The van der Waals surface area contributed by atoms with Gasteiger partial charge in [-0.1, -0.05) is 41.0 Å². The normalized spacial score (nSPS) is 10.8. The molecule has 152 valence electrons. The molecule has 0 fully saturated rings. The van der Waals surface area contributed by atoms with Crippen molar-refractivity contribution in [2.75, 3.05) is 7.11 Å². The minimum absolute atomic E-state index is 0.180. The predicted molar refractivity (Wildman–Crippen MR) is 116 cm³/mol. The highest BCUT2D eigenvalue weighted by Gasteiger charge is 2.14. The van der Waals surface area contributed by atoms with Crippen LogP contribution in [0.2, 0.25) is 10.0 Å². The van der Waals surface area contributed by atoms with Gasteiger partial charge in [0.05, 0.1) is 13.7 Å². The van der Waals surface area contributed by atoms with E-state index in [1.54, 1.807) is 37.4 Å². The number of methoxy groups -OCH3 is 1. The molecule has 0 aliphatic heterocycles. The number of benzene rings is 2. The zero-order valence-electron chi connectivity index (χ0n) is 16.0. The van der Waals surface area contributed by atoms with Crippen molar-refractivity contribution in [2.24, 2.45) is 0 Å². The third kappa shape index (κ3) is 5.44. The maximum Gasteiger partial charge on any atom is 0.251 e. The molecule has 1 amide bonds. The number of hydrogen-bond donors (Lipinski definition) is 1. The second-order valence-electron chi connectivity index (χ2n) is 6.08. The van der Waals surface area contributed by atoms with Crippen molar-refractivity contribution in [1.82, 2.24) is 20.1 Å². The summed E-state index contributed by atoms with van der Waals surface area (Å²) in [6.07, 6.45) is 0. The Morgan fingerprint density at radius 2 is 1.93 bits per heavy atom. The number of carbonyl (C=O) groups excluding carboxylic acids is 1. The van der Waals surface area contributed by atoms with Crippen LogP contribution in [0.4, 0.5) is 0 Å². The number of nitrogens with one attached hydrogen (secondary N) is 1. The molecule has 3 rings (SSSR count). The summed E-state index contributed by atoms with van der Waals surface area (Å²) in [6.45, 7) is 2.99. The summed E-state index contributed by atoms with van der Waals surface area (Å²) in [5, 5.41) is 13.4. The fourth-order valence-electron chi connectivity index (χ4n) is 2.66. The molecule has 0 saturated heterocycles. The van der Waals surface area contributed by atoms with E-state index >= 15 is 0 Å². The molecule has 0 aliphatic carbocycles. The van der Waals surface area contributed by atoms with Gasteiger partial charge in [-0.2, -0.15) is 0 Å². The molecule has 0 spiro atoms. The van der Waals surface area contributed by atoms with Gasteiger partial charge in [-0.25, -0.2) is 0 Å². The molecule has 1 aromatic heterocycles. The van der Waals surface area contributed by atoms with Crippen molar-refractivity contribution in [3.63, 3.8) is 0 Å². The predicted octanol–water partition coefficient (Wildman–Crippen LogP) is 4.84. The molecular weight excluding hydrogens is 431 g/mol. The van der Waals surface area contributed by atoms with Gasteiger partial charge < -0.3 is 14.6 Å². The van der Waals surface area contributed by atoms with Crippen molar-refractivity contribution in [1.29, 1.82) is 0 Å². The number of aromatic nitrogens is 3. The average Bonchev–Trinajstić information content (AvgIpc) is 3.13. The summed E-state index contributed by atoms with van der Waals surface area (Å²) in [7, 11) is 1.59. The molecule has 0 aliphatic rings. The topological polar surface area (TPSA) is 69.0 Å². The molecule has 0 saturated carbocycles. The van der Waals surface area contributed by atoms with E-state index in [0.29, 0.717) is 39.5 Å². The summed E-state index contributed by atoms with van der Waals surface area (Å²) in [5.74, 6) is 1.86. The first kappa shape index (κ1) is 21.5. The minimum atomic E-state index is -0.180. The second-order valence-corrected chi connectivity index (χ2v) is 7.86. The lowest BCUT2D eigenvalue weighted by atomic mass is 10.2. The quantitative estimate of drug-likeness (QED) is 0.497. The van der Waals surface area contributed by atoms with Crippen molar-refractivity contribution >= 4 is 40.9 Å². The molecule has 0 atom stereocenters. The Balaban J connectivity index is 1.63. The van der Waals surface area contributed by atoms with Gasteiger partial charge in [0.25, 0.3) is 5.91 Å². The number of hydrogen-bond acceptors (Lipinski definition) is 5. The van der Waals surface area contributed by atoms with Crippen molar-refractivity contribution < 1.29 is 9.53 Å². The van der Waals surface area contributed by atoms with Crippen LogP contribution in [-0.2, 0) is 18.8 Å². The standard InChI is InChI=1S/C20H20Cl2N4O2S/c1-3-26-18(11-23-19(27)13-5-8-16(28-2)9-6-13)24-25-20(26)29-12-14-4-7-15(21)10-17(14)22/h4-10H,3,11-12H2,1-2H3,(H,23,27). The van der Waals surface area contributed by atoms with E-state index in [-0.39, 0.29) is 12.5 Å². The Hall–Kier alpha value is -2.22. The Bertz CT molecular complexity index is 993. The Kier molecular flexibility index (Phi) is 7.41. The number of rotatable bonds is 8. The van der Waals surface area contributed by atoms with Gasteiger partial charge in [-0.05, 0) is 48.9 Å². The fraction of sp³-hybridized carbons (Fsp3) is 0.250. The van der Waals surface area contributed by atoms with Gasteiger partial charge in [-0.15, -0.1) is 10.2 Å². The molecule has 9 heteroatoms. The highest BCUT2D eigenvalue weighted by atomic mass is 35.5. The van der Waals surface area contributed by atoms with E-state index < -0.39 is 0 Å². The number of carbonyl (C=O) groups is 1. The van der Waals surface area contributed by atoms with Gasteiger partial charge in [0, 0.05) is 27.9 Å². The van der Waals surface area contributed by atoms with Gasteiger partial charge in [0.1, 0.15) is 5.75 Å². The number of thioether (sulfide) groups is 1.